The van der Waals surface area contributed by atoms with E-state index in [1.54, 1.807) is 0 Å². The van der Waals surface area contributed by atoms with Gasteiger partial charge in [0, 0.05) is 12.5 Å². The van der Waals surface area contributed by atoms with E-state index in [1.165, 1.54) is 6.42 Å². The highest BCUT2D eigenvalue weighted by molar-refractivity contribution is 5.79. The molecule has 4 nitrogen and oxygen atoms in total. The first kappa shape index (κ1) is 14.4. The molecule has 0 spiro atoms. The lowest BCUT2D eigenvalue weighted by molar-refractivity contribution is -0.141. The Morgan fingerprint density at radius 1 is 1.05 bits per heavy atom. The van der Waals surface area contributed by atoms with Crippen molar-refractivity contribution >= 4 is 11.9 Å². The Kier molecular flexibility index (Phi) is 4.83. The van der Waals surface area contributed by atoms with Gasteiger partial charge in [0.15, 0.2) is 0 Å². The van der Waals surface area contributed by atoms with Crippen molar-refractivity contribution in [1.29, 1.82) is 0 Å². The number of nitrogens with one attached hydrogen (secondary N) is 1. The SMILES string of the molecule is O=C(O)CC1(CNC(=O)C2CCCC2)CCCCC1. The van der Waals surface area contributed by atoms with Crippen LogP contribution in [0.25, 0.3) is 0 Å². The van der Waals surface area contributed by atoms with Crippen LogP contribution in [0.4, 0.5) is 0 Å². The fourth-order valence-electron chi connectivity index (χ4n) is 3.65. The molecule has 0 bridgehead atoms. The van der Waals surface area contributed by atoms with Crippen LogP contribution in [-0.2, 0) is 9.59 Å². The molecular formula is C15H25NO3. The smallest absolute Gasteiger partial charge is 0.303 e. The molecule has 0 radical (unpaired) electrons. The van der Waals surface area contributed by atoms with Gasteiger partial charge in [0.1, 0.15) is 0 Å². The molecular weight excluding hydrogens is 242 g/mol. The van der Waals surface area contributed by atoms with Gasteiger partial charge in [0.25, 0.3) is 0 Å². The summed E-state index contributed by atoms with van der Waals surface area (Å²) in [5.41, 5.74) is -0.196. The van der Waals surface area contributed by atoms with E-state index in [-0.39, 0.29) is 23.7 Å². The molecule has 0 unspecified atom stereocenters. The van der Waals surface area contributed by atoms with Gasteiger partial charge in [-0.1, -0.05) is 32.1 Å². The van der Waals surface area contributed by atoms with Crippen molar-refractivity contribution < 1.29 is 14.7 Å². The second-order valence-electron chi connectivity index (χ2n) is 6.33. The van der Waals surface area contributed by atoms with Crippen LogP contribution in [0.1, 0.15) is 64.2 Å². The normalized spacial score (nSPS) is 23.2. The van der Waals surface area contributed by atoms with Crippen LogP contribution < -0.4 is 5.32 Å². The van der Waals surface area contributed by atoms with Gasteiger partial charge in [0.2, 0.25) is 5.91 Å². The van der Waals surface area contributed by atoms with Gasteiger partial charge < -0.3 is 10.4 Å². The summed E-state index contributed by atoms with van der Waals surface area (Å²) in [5.74, 6) is -0.421. The lowest BCUT2D eigenvalue weighted by Crippen LogP contribution is -2.42. The molecule has 0 saturated heterocycles. The molecule has 0 aromatic rings. The molecule has 2 fully saturated rings. The van der Waals surface area contributed by atoms with Crippen molar-refractivity contribution in [2.75, 3.05) is 6.54 Å². The van der Waals surface area contributed by atoms with E-state index in [1.807, 2.05) is 0 Å². The molecule has 0 aliphatic heterocycles. The molecule has 0 atom stereocenters. The molecule has 0 heterocycles. The van der Waals surface area contributed by atoms with Crippen LogP contribution in [0, 0.1) is 11.3 Å². The number of amides is 1. The number of carboxylic acid groups (broad SMARTS) is 1. The summed E-state index contributed by atoms with van der Waals surface area (Å²) >= 11 is 0. The van der Waals surface area contributed by atoms with Gasteiger partial charge in [-0.2, -0.15) is 0 Å². The van der Waals surface area contributed by atoms with Gasteiger partial charge >= 0.3 is 5.97 Å². The third-order valence-electron chi connectivity index (χ3n) is 4.80. The second kappa shape index (κ2) is 6.40. The fraction of sp³-hybridized carbons (Fsp3) is 0.867. The molecule has 2 N–H and O–H groups in total. The van der Waals surface area contributed by atoms with Gasteiger partial charge in [-0.05, 0) is 31.1 Å². The van der Waals surface area contributed by atoms with E-state index in [4.69, 9.17) is 5.11 Å². The average molecular weight is 267 g/mol. The van der Waals surface area contributed by atoms with E-state index in [0.29, 0.717) is 6.54 Å². The maximum atomic E-state index is 12.1. The first-order chi connectivity index (χ1) is 9.11. The summed E-state index contributed by atoms with van der Waals surface area (Å²) in [7, 11) is 0. The molecule has 0 aromatic carbocycles. The van der Waals surface area contributed by atoms with Crippen molar-refractivity contribution in [1.82, 2.24) is 5.32 Å². The minimum absolute atomic E-state index is 0.146. The highest BCUT2D eigenvalue weighted by Crippen LogP contribution is 2.39. The summed E-state index contributed by atoms with van der Waals surface area (Å²) in [5, 5.41) is 12.1. The Morgan fingerprint density at radius 2 is 1.68 bits per heavy atom. The number of aliphatic carboxylic acids is 1. The van der Waals surface area contributed by atoms with Crippen molar-refractivity contribution in [2.45, 2.75) is 64.2 Å². The Bertz CT molecular complexity index is 328. The Morgan fingerprint density at radius 3 is 2.26 bits per heavy atom. The standard InChI is InChI=1S/C15H25NO3/c17-13(18)10-15(8-4-1-5-9-15)11-16-14(19)12-6-2-3-7-12/h12H,1-11H2,(H,16,19)(H,17,18). The summed E-state index contributed by atoms with van der Waals surface area (Å²) < 4.78 is 0. The quantitative estimate of drug-likeness (QED) is 0.805. The van der Waals surface area contributed by atoms with Gasteiger partial charge in [-0.15, -0.1) is 0 Å². The fourth-order valence-corrected chi connectivity index (χ4v) is 3.65. The van der Waals surface area contributed by atoms with E-state index in [9.17, 15) is 9.59 Å². The summed E-state index contributed by atoms with van der Waals surface area (Å²) in [6.45, 7) is 0.550. The number of hydrogen-bond donors (Lipinski definition) is 2. The van der Waals surface area contributed by atoms with E-state index in [0.717, 1.165) is 51.4 Å². The van der Waals surface area contributed by atoms with Crippen LogP contribution in [0.2, 0.25) is 0 Å². The first-order valence-electron chi connectivity index (χ1n) is 7.61. The van der Waals surface area contributed by atoms with E-state index >= 15 is 0 Å². The Hall–Kier alpha value is -1.06. The van der Waals surface area contributed by atoms with Gasteiger partial charge in [-0.3, -0.25) is 9.59 Å². The molecule has 4 heteroatoms. The molecule has 19 heavy (non-hydrogen) atoms. The number of carboxylic acids is 1. The number of carbonyl (C=O) groups excluding carboxylic acids is 1. The molecule has 2 aliphatic carbocycles. The van der Waals surface area contributed by atoms with Crippen LogP contribution in [0.3, 0.4) is 0 Å². The lowest BCUT2D eigenvalue weighted by Gasteiger charge is -2.36. The van der Waals surface area contributed by atoms with Crippen LogP contribution in [-0.4, -0.2) is 23.5 Å². The summed E-state index contributed by atoms with van der Waals surface area (Å²) in [4.78, 5) is 23.1. The number of rotatable bonds is 5. The maximum Gasteiger partial charge on any atom is 0.303 e. The molecule has 2 aliphatic rings. The van der Waals surface area contributed by atoms with Crippen LogP contribution in [0.15, 0.2) is 0 Å². The van der Waals surface area contributed by atoms with Gasteiger partial charge in [0.05, 0.1) is 6.42 Å². The molecule has 0 aromatic heterocycles. The van der Waals surface area contributed by atoms with Gasteiger partial charge in [-0.25, -0.2) is 0 Å². The molecule has 2 rings (SSSR count). The second-order valence-corrected chi connectivity index (χ2v) is 6.33. The zero-order chi connectivity index (χ0) is 13.7. The zero-order valence-corrected chi connectivity index (χ0v) is 11.6. The monoisotopic (exact) mass is 267 g/mol. The highest BCUT2D eigenvalue weighted by atomic mass is 16.4. The molecule has 1 amide bonds. The van der Waals surface area contributed by atoms with Crippen molar-refractivity contribution in [3.63, 3.8) is 0 Å². The van der Waals surface area contributed by atoms with Crippen LogP contribution >= 0.6 is 0 Å². The summed E-state index contributed by atoms with van der Waals surface area (Å²) in [6.07, 6.45) is 9.73. The van der Waals surface area contributed by atoms with Crippen molar-refractivity contribution in [2.24, 2.45) is 11.3 Å². The largest absolute Gasteiger partial charge is 0.481 e. The topological polar surface area (TPSA) is 66.4 Å². The third-order valence-corrected chi connectivity index (χ3v) is 4.80. The molecule has 108 valence electrons. The Labute approximate surface area is 115 Å². The predicted octanol–water partition coefficient (Wildman–Crippen LogP) is 2.72. The number of carbonyl (C=O) groups is 2. The number of hydrogen-bond acceptors (Lipinski definition) is 2. The average Bonchev–Trinajstić information content (AvgIpc) is 2.90. The predicted molar refractivity (Wildman–Crippen MR) is 72.7 cm³/mol. The van der Waals surface area contributed by atoms with Crippen molar-refractivity contribution in [3.05, 3.63) is 0 Å². The minimum atomic E-state index is -0.739. The van der Waals surface area contributed by atoms with Crippen molar-refractivity contribution in [3.8, 4) is 0 Å². The molecule has 2 saturated carbocycles. The van der Waals surface area contributed by atoms with E-state index < -0.39 is 5.97 Å². The zero-order valence-electron chi connectivity index (χ0n) is 11.6. The first-order valence-corrected chi connectivity index (χ1v) is 7.61. The Balaban J connectivity index is 1.88. The summed E-state index contributed by atoms with van der Waals surface area (Å²) in [6, 6.07) is 0. The highest BCUT2D eigenvalue weighted by Gasteiger charge is 2.35. The van der Waals surface area contributed by atoms with E-state index in [2.05, 4.69) is 5.32 Å². The van der Waals surface area contributed by atoms with Crippen LogP contribution in [0.5, 0.6) is 0 Å². The minimum Gasteiger partial charge on any atom is -0.481 e. The maximum absolute atomic E-state index is 12.1. The third kappa shape index (κ3) is 3.95. The lowest BCUT2D eigenvalue weighted by atomic mass is 9.71.